The van der Waals surface area contributed by atoms with Gasteiger partial charge in [-0.2, -0.15) is 0 Å². The van der Waals surface area contributed by atoms with Gasteiger partial charge in [0.25, 0.3) is 0 Å². The second-order valence-electron chi connectivity index (χ2n) is 5.49. The molecule has 1 aromatic carbocycles. The molecule has 0 bridgehead atoms. The molecule has 0 saturated heterocycles. The van der Waals surface area contributed by atoms with Crippen molar-refractivity contribution in [2.75, 3.05) is 6.54 Å². The molecule has 1 heterocycles. The number of hydrogen-bond acceptors (Lipinski definition) is 2. The summed E-state index contributed by atoms with van der Waals surface area (Å²) in [4.78, 5) is 0. The standard InChI is InChI=1S/C16H20BrNO/c1-3-6-18-9-14-15(11-4-5-11)13-8-12(17)7-10(2)16(13)19-14/h7-8,11,18H,3-6,9H2,1-2H3. The predicted octanol–water partition coefficient (Wildman–Crippen LogP) is 4.88. The maximum absolute atomic E-state index is 6.15. The van der Waals surface area contributed by atoms with Gasteiger partial charge in [0.15, 0.2) is 0 Å². The van der Waals surface area contributed by atoms with E-state index in [4.69, 9.17) is 4.42 Å². The van der Waals surface area contributed by atoms with Crippen molar-refractivity contribution >= 4 is 26.9 Å². The van der Waals surface area contributed by atoms with E-state index in [9.17, 15) is 0 Å². The third-order valence-electron chi connectivity index (χ3n) is 3.75. The van der Waals surface area contributed by atoms with Gasteiger partial charge in [-0.3, -0.25) is 0 Å². The largest absolute Gasteiger partial charge is 0.459 e. The third kappa shape index (κ3) is 2.59. The zero-order chi connectivity index (χ0) is 13.4. The molecule has 0 aliphatic heterocycles. The van der Waals surface area contributed by atoms with Crippen molar-refractivity contribution in [3.05, 3.63) is 33.5 Å². The fourth-order valence-electron chi connectivity index (χ4n) is 2.72. The molecule has 19 heavy (non-hydrogen) atoms. The predicted molar refractivity (Wildman–Crippen MR) is 82.6 cm³/mol. The first-order valence-electron chi connectivity index (χ1n) is 7.12. The van der Waals surface area contributed by atoms with Crippen LogP contribution in [-0.4, -0.2) is 6.54 Å². The summed E-state index contributed by atoms with van der Waals surface area (Å²) in [5.74, 6) is 1.86. The Balaban J connectivity index is 2.05. The van der Waals surface area contributed by atoms with Crippen LogP contribution in [0.3, 0.4) is 0 Å². The van der Waals surface area contributed by atoms with Crippen molar-refractivity contribution in [2.45, 2.75) is 45.6 Å². The van der Waals surface area contributed by atoms with Crippen LogP contribution in [0.15, 0.2) is 21.0 Å². The highest BCUT2D eigenvalue weighted by Crippen LogP contribution is 2.47. The molecule has 1 fully saturated rings. The Kier molecular flexibility index (Phi) is 3.68. The zero-order valence-electron chi connectivity index (χ0n) is 11.6. The van der Waals surface area contributed by atoms with Crippen molar-refractivity contribution in [1.82, 2.24) is 5.32 Å². The first-order valence-corrected chi connectivity index (χ1v) is 7.92. The summed E-state index contributed by atoms with van der Waals surface area (Å²) in [6.07, 6.45) is 3.77. The lowest BCUT2D eigenvalue weighted by atomic mass is 10.0. The monoisotopic (exact) mass is 321 g/mol. The normalized spacial score (nSPS) is 15.3. The van der Waals surface area contributed by atoms with Gasteiger partial charge in [-0.25, -0.2) is 0 Å². The van der Waals surface area contributed by atoms with Crippen LogP contribution in [0.25, 0.3) is 11.0 Å². The fraction of sp³-hybridized carbons (Fsp3) is 0.500. The van der Waals surface area contributed by atoms with Crippen LogP contribution >= 0.6 is 15.9 Å². The number of fused-ring (bicyclic) bond motifs is 1. The maximum Gasteiger partial charge on any atom is 0.137 e. The van der Waals surface area contributed by atoms with Gasteiger partial charge >= 0.3 is 0 Å². The van der Waals surface area contributed by atoms with Gasteiger partial charge < -0.3 is 9.73 Å². The molecule has 1 N–H and O–H groups in total. The Labute approximate surface area is 122 Å². The summed E-state index contributed by atoms with van der Waals surface area (Å²) >= 11 is 3.60. The number of hydrogen-bond donors (Lipinski definition) is 1. The highest BCUT2D eigenvalue weighted by Gasteiger charge is 2.31. The number of benzene rings is 1. The van der Waals surface area contributed by atoms with Crippen LogP contribution in [0.2, 0.25) is 0 Å². The van der Waals surface area contributed by atoms with E-state index < -0.39 is 0 Å². The Morgan fingerprint density at radius 1 is 1.37 bits per heavy atom. The Morgan fingerprint density at radius 2 is 2.16 bits per heavy atom. The third-order valence-corrected chi connectivity index (χ3v) is 4.21. The van der Waals surface area contributed by atoms with Crippen LogP contribution < -0.4 is 5.32 Å². The van der Waals surface area contributed by atoms with Crippen LogP contribution in [0.5, 0.6) is 0 Å². The van der Waals surface area contributed by atoms with E-state index in [0.29, 0.717) is 5.92 Å². The molecule has 1 aliphatic carbocycles. The minimum Gasteiger partial charge on any atom is -0.459 e. The first kappa shape index (κ1) is 13.2. The highest BCUT2D eigenvalue weighted by molar-refractivity contribution is 9.10. The van der Waals surface area contributed by atoms with Crippen molar-refractivity contribution in [3.8, 4) is 0 Å². The lowest BCUT2D eigenvalue weighted by molar-refractivity contribution is 0.506. The summed E-state index contributed by atoms with van der Waals surface area (Å²) in [5.41, 5.74) is 3.73. The molecule has 3 heteroatoms. The minimum atomic E-state index is 0.716. The van der Waals surface area contributed by atoms with E-state index in [1.165, 1.54) is 29.4 Å². The van der Waals surface area contributed by atoms with E-state index in [1.54, 1.807) is 0 Å². The van der Waals surface area contributed by atoms with E-state index in [0.717, 1.165) is 35.3 Å². The van der Waals surface area contributed by atoms with Gasteiger partial charge in [-0.1, -0.05) is 22.9 Å². The first-order chi connectivity index (χ1) is 9.20. The summed E-state index contributed by atoms with van der Waals surface area (Å²) in [6, 6.07) is 4.34. The fourth-order valence-corrected chi connectivity index (χ4v) is 3.30. The molecule has 2 nitrogen and oxygen atoms in total. The number of nitrogens with one attached hydrogen (secondary N) is 1. The van der Waals surface area contributed by atoms with Crippen LogP contribution in [0, 0.1) is 6.92 Å². The molecule has 0 radical (unpaired) electrons. The Morgan fingerprint density at radius 3 is 2.84 bits per heavy atom. The summed E-state index contributed by atoms with van der Waals surface area (Å²) in [6.45, 7) is 6.21. The van der Waals surface area contributed by atoms with Crippen molar-refractivity contribution < 1.29 is 4.42 Å². The van der Waals surface area contributed by atoms with Crippen molar-refractivity contribution in [1.29, 1.82) is 0 Å². The van der Waals surface area contributed by atoms with Gasteiger partial charge in [-0.05, 0) is 56.3 Å². The van der Waals surface area contributed by atoms with Crippen molar-refractivity contribution in [3.63, 3.8) is 0 Å². The Bertz CT molecular complexity index is 598. The number of halogens is 1. The molecule has 0 amide bonds. The maximum atomic E-state index is 6.15. The molecule has 2 aromatic rings. The van der Waals surface area contributed by atoms with E-state index >= 15 is 0 Å². The van der Waals surface area contributed by atoms with Crippen LogP contribution in [0.4, 0.5) is 0 Å². The molecular formula is C16H20BrNO. The number of aryl methyl sites for hydroxylation is 1. The molecule has 0 spiro atoms. The molecule has 0 unspecified atom stereocenters. The number of furan rings is 1. The molecule has 3 rings (SSSR count). The van der Waals surface area contributed by atoms with E-state index in [2.05, 4.69) is 47.2 Å². The molecule has 0 atom stereocenters. The van der Waals surface area contributed by atoms with Crippen molar-refractivity contribution in [2.24, 2.45) is 0 Å². The Hall–Kier alpha value is -0.800. The second-order valence-corrected chi connectivity index (χ2v) is 6.41. The average Bonchev–Trinajstić information content (AvgIpc) is 3.12. The van der Waals surface area contributed by atoms with Crippen LogP contribution in [-0.2, 0) is 6.54 Å². The highest BCUT2D eigenvalue weighted by atomic mass is 79.9. The van der Waals surface area contributed by atoms with E-state index in [1.807, 2.05) is 0 Å². The summed E-state index contributed by atoms with van der Waals surface area (Å²) in [5, 5.41) is 4.77. The van der Waals surface area contributed by atoms with Crippen LogP contribution in [0.1, 0.15) is 49.0 Å². The molecular weight excluding hydrogens is 302 g/mol. The van der Waals surface area contributed by atoms with Gasteiger partial charge in [0.05, 0.1) is 6.54 Å². The lowest BCUT2D eigenvalue weighted by Crippen LogP contribution is -2.14. The average molecular weight is 322 g/mol. The zero-order valence-corrected chi connectivity index (χ0v) is 13.1. The topological polar surface area (TPSA) is 25.2 Å². The lowest BCUT2D eigenvalue weighted by Gasteiger charge is -2.03. The van der Waals surface area contributed by atoms with E-state index in [-0.39, 0.29) is 0 Å². The van der Waals surface area contributed by atoms with Gasteiger partial charge in [0, 0.05) is 15.4 Å². The minimum absolute atomic E-state index is 0.716. The van der Waals surface area contributed by atoms with Gasteiger partial charge in [0.2, 0.25) is 0 Å². The molecule has 1 saturated carbocycles. The summed E-state index contributed by atoms with van der Waals surface area (Å²) in [7, 11) is 0. The summed E-state index contributed by atoms with van der Waals surface area (Å²) < 4.78 is 7.30. The molecule has 1 aliphatic rings. The smallest absolute Gasteiger partial charge is 0.137 e. The SMILES string of the molecule is CCCNCc1oc2c(C)cc(Br)cc2c1C1CC1. The molecule has 102 valence electrons. The molecule has 1 aromatic heterocycles. The second kappa shape index (κ2) is 5.29. The van der Waals surface area contributed by atoms with Gasteiger partial charge in [-0.15, -0.1) is 0 Å². The number of rotatable bonds is 5. The van der Waals surface area contributed by atoms with Gasteiger partial charge in [0.1, 0.15) is 11.3 Å². The quantitative estimate of drug-likeness (QED) is 0.794.